The molecule has 55 heavy (non-hydrogen) atoms. The van der Waals surface area contributed by atoms with Gasteiger partial charge in [-0.15, -0.1) is 0 Å². The summed E-state index contributed by atoms with van der Waals surface area (Å²) in [6.45, 7) is 0. The van der Waals surface area contributed by atoms with Crippen molar-refractivity contribution in [3.05, 3.63) is 193 Å². The highest BCUT2D eigenvalue weighted by Gasteiger charge is 2.34. The lowest BCUT2D eigenvalue weighted by molar-refractivity contribution is 0.936. The highest BCUT2D eigenvalue weighted by Crippen LogP contribution is 2.49. The van der Waals surface area contributed by atoms with E-state index in [1.165, 1.54) is 0 Å². The van der Waals surface area contributed by atoms with E-state index in [-0.39, 0.29) is 5.37 Å². The van der Waals surface area contributed by atoms with Crippen molar-refractivity contribution in [2.45, 2.75) is 10.3 Å². The van der Waals surface area contributed by atoms with E-state index in [4.69, 9.17) is 24.9 Å². The Morgan fingerprint density at radius 2 is 0.836 bits per heavy atom. The zero-order valence-corrected chi connectivity index (χ0v) is 30.4. The summed E-state index contributed by atoms with van der Waals surface area (Å²) in [6, 6.07) is 57.8. The number of rotatable bonds is 7. The summed E-state index contributed by atoms with van der Waals surface area (Å²) in [7, 11) is 0. The van der Waals surface area contributed by atoms with E-state index in [1.807, 2.05) is 48.5 Å². The average Bonchev–Trinajstić information content (AvgIpc) is 3.65. The summed E-state index contributed by atoms with van der Waals surface area (Å²) in [5.41, 5.74) is 12.3. The molecule has 2 aromatic heterocycles. The molecule has 4 heterocycles. The second-order valence-corrected chi connectivity index (χ2v) is 14.5. The van der Waals surface area contributed by atoms with E-state index >= 15 is 0 Å². The van der Waals surface area contributed by atoms with Crippen molar-refractivity contribution in [1.29, 1.82) is 0 Å². The van der Waals surface area contributed by atoms with Crippen LogP contribution in [0.25, 0.3) is 79.1 Å². The second-order valence-electron chi connectivity index (χ2n) is 13.4. The number of aromatic nitrogens is 5. The molecule has 0 amide bonds. The molecule has 7 heteroatoms. The summed E-state index contributed by atoms with van der Waals surface area (Å²) >= 11 is 1.77. The largest absolute Gasteiger partial charge is 0.375 e. The van der Waals surface area contributed by atoms with Gasteiger partial charge in [-0.25, -0.2) is 24.9 Å². The molecule has 6 aromatic carbocycles. The van der Waals surface area contributed by atoms with Crippen LogP contribution in [0.3, 0.4) is 0 Å². The fourth-order valence-corrected chi connectivity index (χ4v) is 8.24. The molecule has 1 unspecified atom stereocenters. The van der Waals surface area contributed by atoms with Crippen LogP contribution in [-0.2, 0) is 0 Å². The molecule has 0 spiro atoms. The van der Waals surface area contributed by atoms with Crippen LogP contribution in [0.15, 0.2) is 187 Å². The van der Waals surface area contributed by atoms with E-state index in [1.54, 1.807) is 11.8 Å². The van der Waals surface area contributed by atoms with Crippen LogP contribution in [0.4, 0.5) is 0 Å². The Bertz CT molecular complexity index is 2730. The molecular formula is C48H32N6S. The Balaban J connectivity index is 1.05. The van der Waals surface area contributed by atoms with Crippen molar-refractivity contribution >= 4 is 22.9 Å². The lowest BCUT2D eigenvalue weighted by Gasteiger charge is -2.19. The first-order valence-electron chi connectivity index (χ1n) is 18.2. The molecule has 0 aliphatic carbocycles. The molecule has 2 aliphatic heterocycles. The third-order valence-electron chi connectivity index (χ3n) is 9.81. The zero-order valence-electron chi connectivity index (χ0n) is 29.5. The number of nitrogens with one attached hydrogen (secondary N) is 1. The maximum Gasteiger partial charge on any atom is 0.164 e. The Hall–Kier alpha value is -6.96. The molecule has 0 fully saturated rings. The SMILES string of the molecule is C1=C(c2ccccc2)C=C2c3nc(-c4ccc(-c5nc(-c6ccccc6)nc(-c6cccc(-c7ccccc7)c6)n5)cc4)nc(-c4ccccc4)c3SC2N1. The predicted molar refractivity (Wildman–Crippen MR) is 223 cm³/mol. The smallest absolute Gasteiger partial charge is 0.164 e. The highest BCUT2D eigenvalue weighted by molar-refractivity contribution is 8.01. The molecule has 6 nitrogen and oxygen atoms in total. The number of nitrogens with zero attached hydrogens (tertiary/aromatic N) is 5. The van der Waals surface area contributed by atoms with Crippen LogP contribution in [0.2, 0.25) is 0 Å². The minimum Gasteiger partial charge on any atom is -0.375 e. The summed E-state index contributed by atoms with van der Waals surface area (Å²) in [4.78, 5) is 26.6. The maximum absolute atomic E-state index is 5.26. The molecule has 0 radical (unpaired) electrons. The van der Waals surface area contributed by atoms with Gasteiger partial charge in [-0.2, -0.15) is 0 Å². The Kier molecular flexibility index (Phi) is 8.39. The topological polar surface area (TPSA) is 76.5 Å². The molecule has 0 saturated heterocycles. The van der Waals surface area contributed by atoms with Crippen molar-refractivity contribution in [3.8, 4) is 67.9 Å². The minimum atomic E-state index is 0.0575. The molecule has 0 saturated carbocycles. The van der Waals surface area contributed by atoms with E-state index in [2.05, 4.69) is 139 Å². The van der Waals surface area contributed by atoms with Crippen LogP contribution < -0.4 is 5.32 Å². The van der Waals surface area contributed by atoms with Gasteiger partial charge in [0.1, 0.15) is 5.37 Å². The van der Waals surface area contributed by atoms with Crippen LogP contribution >= 0.6 is 11.8 Å². The lowest BCUT2D eigenvalue weighted by atomic mass is 9.99. The van der Waals surface area contributed by atoms with Crippen molar-refractivity contribution in [3.63, 3.8) is 0 Å². The second kappa shape index (κ2) is 14.1. The summed E-state index contributed by atoms with van der Waals surface area (Å²) in [5.74, 6) is 2.50. The number of fused-ring (bicyclic) bond motifs is 3. The van der Waals surface area contributed by atoms with E-state index in [9.17, 15) is 0 Å². The van der Waals surface area contributed by atoms with Crippen LogP contribution in [-0.4, -0.2) is 30.3 Å². The van der Waals surface area contributed by atoms with Crippen LogP contribution in [0.5, 0.6) is 0 Å². The maximum atomic E-state index is 5.26. The van der Waals surface area contributed by atoms with Gasteiger partial charge >= 0.3 is 0 Å². The molecule has 0 bridgehead atoms. The summed E-state index contributed by atoms with van der Waals surface area (Å²) in [5, 5.41) is 3.69. The van der Waals surface area contributed by atoms with Crippen molar-refractivity contribution < 1.29 is 0 Å². The third-order valence-corrected chi connectivity index (χ3v) is 11.1. The molecule has 8 aromatic rings. The predicted octanol–water partition coefficient (Wildman–Crippen LogP) is 11.1. The van der Waals surface area contributed by atoms with Gasteiger partial charge < -0.3 is 5.32 Å². The number of hydrogen-bond acceptors (Lipinski definition) is 7. The zero-order chi connectivity index (χ0) is 36.6. The van der Waals surface area contributed by atoms with Gasteiger partial charge in [0.2, 0.25) is 0 Å². The van der Waals surface area contributed by atoms with Crippen LogP contribution in [0, 0.1) is 0 Å². The minimum absolute atomic E-state index is 0.0575. The first-order chi connectivity index (χ1) is 27.2. The van der Waals surface area contributed by atoms with Gasteiger partial charge in [0.25, 0.3) is 0 Å². The molecule has 1 N–H and O–H groups in total. The Labute approximate surface area is 323 Å². The van der Waals surface area contributed by atoms with Crippen molar-refractivity contribution in [2.75, 3.05) is 0 Å². The van der Waals surface area contributed by atoms with E-state index in [0.29, 0.717) is 23.3 Å². The third kappa shape index (κ3) is 6.41. The molecule has 2 aliphatic rings. The number of allylic oxidation sites excluding steroid dienone is 2. The molecule has 10 rings (SSSR count). The summed E-state index contributed by atoms with van der Waals surface area (Å²) < 4.78 is 0. The van der Waals surface area contributed by atoms with Gasteiger partial charge in [-0.3, -0.25) is 0 Å². The van der Waals surface area contributed by atoms with Crippen molar-refractivity contribution in [2.24, 2.45) is 0 Å². The summed E-state index contributed by atoms with van der Waals surface area (Å²) in [6.07, 6.45) is 4.37. The number of benzene rings is 6. The fourth-order valence-electron chi connectivity index (χ4n) is 7.01. The van der Waals surface area contributed by atoms with Gasteiger partial charge in [0, 0.05) is 39.6 Å². The van der Waals surface area contributed by atoms with E-state index in [0.717, 1.165) is 71.9 Å². The normalized spacial score (nSPS) is 14.3. The van der Waals surface area contributed by atoms with Gasteiger partial charge in [-0.05, 0) is 34.4 Å². The standard InChI is InChI=1S/C48H32N6S/c1-5-14-31(15-6-1)37-22-13-23-38(28-37)47-53-45(34-20-11-4-12-21-34)52-46(54-47)36-26-24-35(25-27-36)44-50-41(33-18-9-3-10-19-33)43-42(51-44)40-29-39(30-49-48(40)55-43)32-16-7-2-8-17-32/h1-30,48-49H. The van der Waals surface area contributed by atoms with Crippen LogP contribution in [0.1, 0.15) is 11.3 Å². The Morgan fingerprint density at radius 1 is 0.382 bits per heavy atom. The van der Waals surface area contributed by atoms with Gasteiger partial charge in [-0.1, -0.05) is 176 Å². The number of thioether (sulfide) groups is 1. The van der Waals surface area contributed by atoms with Crippen molar-refractivity contribution in [1.82, 2.24) is 30.2 Å². The lowest BCUT2D eigenvalue weighted by Crippen LogP contribution is -2.22. The van der Waals surface area contributed by atoms with E-state index < -0.39 is 0 Å². The van der Waals surface area contributed by atoms with Gasteiger partial charge in [0.05, 0.1) is 16.3 Å². The highest BCUT2D eigenvalue weighted by atomic mass is 32.2. The average molecular weight is 725 g/mol. The number of hydrogen-bond donors (Lipinski definition) is 1. The molecule has 260 valence electrons. The number of dihydropyridines is 1. The first kappa shape index (κ1) is 32.7. The van der Waals surface area contributed by atoms with Gasteiger partial charge in [0.15, 0.2) is 23.3 Å². The fraction of sp³-hybridized carbons (Fsp3) is 0.0208. The quantitative estimate of drug-likeness (QED) is 0.175. The first-order valence-corrected chi connectivity index (χ1v) is 19.1. The molecular weight excluding hydrogens is 693 g/mol. The monoisotopic (exact) mass is 724 g/mol. The molecule has 1 atom stereocenters. The Morgan fingerprint density at radius 3 is 1.45 bits per heavy atom.